The Morgan fingerprint density at radius 2 is 1.96 bits per heavy atom. The summed E-state index contributed by atoms with van der Waals surface area (Å²) in [5, 5.41) is 7.38. The predicted molar refractivity (Wildman–Crippen MR) is 95.1 cm³/mol. The van der Waals surface area contributed by atoms with Gasteiger partial charge in [0.25, 0.3) is 5.91 Å². The van der Waals surface area contributed by atoms with Gasteiger partial charge in [-0.2, -0.15) is 5.10 Å². The summed E-state index contributed by atoms with van der Waals surface area (Å²) in [4.78, 5) is 23.7. The van der Waals surface area contributed by atoms with Crippen LogP contribution >= 0.6 is 0 Å². The topological polar surface area (TPSA) is 85.2 Å². The first-order valence-corrected chi connectivity index (χ1v) is 8.53. The number of amides is 1. The molecule has 1 amide bonds. The maximum atomic E-state index is 12.7. The van der Waals surface area contributed by atoms with Gasteiger partial charge in [0, 0.05) is 25.3 Å². The number of morpholine rings is 1. The molecule has 1 aliphatic heterocycles. The summed E-state index contributed by atoms with van der Waals surface area (Å²) in [7, 11) is 0. The standard InChI is InChI=1S/C17H24N6O2/c1-5-23-13(4)15(12(3)21-23)20-16(24)14-10-11(2)18-17(19-14)22-6-8-25-9-7-22/h10H,5-9H2,1-4H3,(H,20,24). The van der Waals surface area contributed by atoms with E-state index >= 15 is 0 Å². The molecule has 134 valence electrons. The Morgan fingerprint density at radius 1 is 1.24 bits per heavy atom. The van der Waals surface area contributed by atoms with E-state index in [1.165, 1.54) is 0 Å². The average Bonchev–Trinajstić information content (AvgIpc) is 2.89. The molecule has 0 bridgehead atoms. The molecule has 8 nitrogen and oxygen atoms in total. The van der Waals surface area contributed by atoms with Crippen LogP contribution in [0, 0.1) is 20.8 Å². The summed E-state index contributed by atoms with van der Waals surface area (Å²) in [5.74, 6) is 0.327. The van der Waals surface area contributed by atoms with E-state index in [1.807, 2.05) is 37.3 Å². The van der Waals surface area contributed by atoms with E-state index in [4.69, 9.17) is 4.74 Å². The number of hydrogen-bond donors (Lipinski definition) is 1. The van der Waals surface area contributed by atoms with E-state index in [-0.39, 0.29) is 5.91 Å². The van der Waals surface area contributed by atoms with Crippen LogP contribution in [0.25, 0.3) is 0 Å². The maximum absolute atomic E-state index is 12.7. The summed E-state index contributed by atoms with van der Waals surface area (Å²) in [5.41, 5.74) is 3.60. The predicted octanol–water partition coefficient (Wildman–Crippen LogP) is 1.71. The van der Waals surface area contributed by atoms with Gasteiger partial charge in [-0.05, 0) is 33.8 Å². The average molecular weight is 344 g/mol. The number of rotatable bonds is 4. The molecule has 1 saturated heterocycles. The summed E-state index contributed by atoms with van der Waals surface area (Å²) >= 11 is 0. The highest BCUT2D eigenvalue weighted by Crippen LogP contribution is 2.20. The highest BCUT2D eigenvalue weighted by Gasteiger charge is 2.19. The Morgan fingerprint density at radius 3 is 2.60 bits per heavy atom. The summed E-state index contributed by atoms with van der Waals surface area (Å²) in [6.45, 7) is 11.2. The minimum atomic E-state index is -0.248. The number of carbonyl (C=O) groups excluding carboxylic acids is 1. The SMILES string of the molecule is CCn1nc(C)c(NC(=O)c2cc(C)nc(N3CCOCC3)n2)c1C. The minimum Gasteiger partial charge on any atom is -0.378 e. The van der Waals surface area contributed by atoms with Crippen LogP contribution in [0.2, 0.25) is 0 Å². The fourth-order valence-electron chi connectivity index (χ4n) is 2.94. The molecule has 25 heavy (non-hydrogen) atoms. The zero-order valence-corrected chi connectivity index (χ0v) is 15.2. The monoisotopic (exact) mass is 344 g/mol. The van der Waals surface area contributed by atoms with Crippen LogP contribution in [0.1, 0.15) is 34.5 Å². The van der Waals surface area contributed by atoms with E-state index in [0.29, 0.717) is 24.9 Å². The molecule has 0 atom stereocenters. The Bertz CT molecular complexity index is 780. The van der Waals surface area contributed by atoms with Crippen molar-refractivity contribution in [3.8, 4) is 0 Å². The molecule has 1 aliphatic rings. The third-order valence-electron chi connectivity index (χ3n) is 4.29. The van der Waals surface area contributed by atoms with Crippen molar-refractivity contribution in [2.24, 2.45) is 0 Å². The molecular weight excluding hydrogens is 320 g/mol. The van der Waals surface area contributed by atoms with Gasteiger partial charge in [-0.3, -0.25) is 9.48 Å². The zero-order valence-electron chi connectivity index (χ0n) is 15.2. The lowest BCUT2D eigenvalue weighted by molar-refractivity contribution is 0.102. The normalized spacial score (nSPS) is 14.6. The first kappa shape index (κ1) is 17.3. The quantitative estimate of drug-likeness (QED) is 0.909. The van der Waals surface area contributed by atoms with Crippen LogP contribution in [0.5, 0.6) is 0 Å². The van der Waals surface area contributed by atoms with Crippen molar-refractivity contribution in [1.82, 2.24) is 19.7 Å². The van der Waals surface area contributed by atoms with Crippen molar-refractivity contribution < 1.29 is 9.53 Å². The third kappa shape index (κ3) is 3.63. The molecule has 0 radical (unpaired) electrons. The number of anilines is 2. The van der Waals surface area contributed by atoms with Gasteiger partial charge in [-0.25, -0.2) is 9.97 Å². The summed E-state index contributed by atoms with van der Waals surface area (Å²) in [6.07, 6.45) is 0. The van der Waals surface area contributed by atoms with Crippen molar-refractivity contribution >= 4 is 17.5 Å². The molecule has 0 spiro atoms. The molecule has 2 aromatic rings. The van der Waals surface area contributed by atoms with Crippen molar-refractivity contribution in [3.63, 3.8) is 0 Å². The fourth-order valence-corrected chi connectivity index (χ4v) is 2.94. The largest absolute Gasteiger partial charge is 0.378 e. The molecule has 3 rings (SSSR count). The molecule has 3 heterocycles. The molecule has 0 aromatic carbocycles. The number of carbonyl (C=O) groups is 1. The highest BCUT2D eigenvalue weighted by atomic mass is 16.5. The summed E-state index contributed by atoms with van der Waals surface area (Å²) < 4.78 is 7.23. The van der Waals surface area contributed by atoms with Crippen LogP contribution in [0.4, 0.5) is 11.6 Å². The van der Waals surface area contributed by atoms with Gasteiger partial charge in [-0.15, -0.1) is 0 Å². The highest BCUT2D eigenvalue weighted by molar-refractivity contribution is 6.03. The molecule has 8 heteroatoms. The van der Waals surface area contributed by atoms with Crippen LogP contribution < -0.4 is 10.2 Å². The minimum absolute atomic E-state index is 0.248. The second-order valence-electron chi connectivity index (χ2n) is 6.11. The molecule has 1 fully saturated rings. The number of ether oxygens (including phenoxy) is 1. The number of aryl methyl sites for hydroxylation is 3. The van der Waals surface area contributed by atoms with Crippen LogP contribution in [0.3, 0.4) is 0 Å². The van der Waals surface area contributed by atoms with Gasteiger partial charge in [-0.1, -0.05) is 0 Å². The van der Waals surface area contributed by atoms with Crippen molar-refractivity contribution in [2.75, 3.05) is 36.5 Å². The van der Waals surface area contributed by atoms with Crippen LogP contribution in [-0.2, 0) is 11.3 Å². The van der Waals surface area contributed by atoms with Crippen LogP contribution in [0.15, 0.2) is 6.07 Å². The lowest BCUT2D eigenvalue weighted by Crippen LogP contribution is -2.37. The molecule has 0 aliphatic carbocycles. The van der Waals surface area contributed by atoms with Gasteiger partial charge < -0.3 is 15.0 Å². The Balaban J connectivity index is 1.85. The lowest BCUT2D eigenvalue weighted by atomic mass is 10.2. The van der Waals surface area contributed by atoms with Gasteiger partial charge in [0.05, 0.1) is 30.3 Å². The first-order valence-electron chi connectivity index (χ1n) is 8.53. The Kier molecular flexibility index (Phi) is 4.98. The van der Waals surface area contributed by atoms with E-state index in [0.717, 1.165) is 42.4 Å². The van der Waals surface area contributed by atoms with Crippen molar-refractivity contribution in [3.05, 3.63) is 28.8 Å². The second-order valence-corrected chi connectivity index (χ2v) is 6.11. The van der Waals surface area contributed by atoms with E-state index in [1.54, 1.807) is 6.07 Å². The van der Waals surface area contributed by atoms with Gasteiger partial charge in [0.2, 0.25) is 5.95 Å². The smallest absolute Gasteiger partial charge is 0.274 e. The zero-order chi connectivity index (χ0) is 18.0. The van der Waals surface area contributed by atoms with E-state index < -0.39 is 0 Å². The number of nitrogens with zero attached hydrogens (tertiary/aromatic N) is 5. The van der Waals surface area contributed by atoms with E-state index in [9.17, 15) is 4.79 Å². The molecule has 2 aromatic heterocycles. The van der Waals surface area contributed by atoms with Crippen molar-refractivity contribution in [2.45, 2.75) is 34.2 Å². The number of hydrogen-bond acceptors (Lipinski definition) is 6. The number of nitrogens with one attached hydrogen (secondary N) is 1. The lowest BCUT2D eigenvalue weighted by Gasteiger charge is -2.27. The van der Waals surface area contributed by atoms with Crippen LogP contribution in [-0.4, -0.2) is 52.0 Å². The molecular formula is C17H24N6O2. The molecule has 1 N–H and O–H groups in total. The van der Waals surface area contributed by atoms with Gasteiger partial charge >= 0.3 is 0 Å². The van der Waals surface area contributed by atoms with E-state index in [2.05, 4.69) is 20.4 Å². The molecule has 0 saturated carbocycles. The molecule has 0 unspecified atom stereocenters. The number of aromatic nitrogens is 4. The second kappa shape index (κ2) is 7.18. The Labute approximate surface area is 147 Å². The van der Waals surface area contributed by atoms with Gasteiger partial charge in [0.1, 0.15) is 5.69 Å². The van der Waals surface area contributed by atoms with Gasteiger partial charge in [0.15, 0.2) is 0 Å². The summed E-state index contributed by atoms with van der Waals surface area (Å²) in [6, 6.07) is 1.70. The van der Waals surface area contributed by atoms with Crippen molar-refractivity contribution in [1.29, 1.82) is 0 Å². The Hall–Kier alpha value is -2.48. The fraction of sp³-hybridized carbons (Fsp3) is 0.529. The maximum Gasteiger partial charge on any atom is 0.274 e. The first-order chi connectivity index (χ1) is 12.0. The third-order valence-corrected chi connectivity index (χ3v) is 4.29.